The van der Waals surface area contributed by atoms with Gasteiger partial charge in [0, 0.05) is 7.11 Å². The fourth-order valence-corrected chi connectivity index (χ4v) is 0.677. The van der Waals surface area contributed by atoms with Crippen LogP contribution in [0.15, 0.2) is 0 Å². The molecule has 13 heavy (non-hydrogen) atoms. The average molecular weight is 235 g/mol. The minimum atomic E-state index is 0. The first-order valence-corrected chi connectivity index (χ1v) is 5.46. The van der Waals surface area contributed by atoms with Gasteiger partial charge in [-0.1, -0.05) is 46.0 Å². The molecule has 0 unspecified atom stereocenters. The Bertz CT molecular complexity index is 42.6. The average Bonchev–Trinajstić information content (AvgIpc) is 2.11. The molecule has 0 amide bonds. The summed E-state index contributed by atoms with van der Waals surface area (Å²) in [6.45, 7) is 4.49. The fourth-order valence-electron chi connectivity index (χ4n) is 0.677. The summed E-state index contributed by atoms with van der Waals surface area (Å²) < 4.78 is 0. The number of hydrogen-bond donors (Lipinski definition) is 1. The van der Waals surface area contributed by atoms with Crippen LogP contribution in [0, 0.1) is 0 Å². The Balaban J connectivity index is -0.0000000581. The van der Waals surface area contributed by atoms with Gasteiger partial charge in [-0.3, -0.25) is 0 Å². The van der Waals surface area contributed by atoms with Crippen LogP contribution in [-0.2, 0) is 0 Å². The van der Waals surface area contributed by atoms with Crippen LogP contribution in [0.4, 0.5) is 0 Å². The molecule has 0 aromatic carbocycles. The number of aliphatic hydroxyl groups excluding tert-OH is 1. The molecule has 0 heterocycles. The van der Waals surface area contributed by atoms with Crippen molar-refractivity contribution in [3.63, 3.8) is 0 Å². The molecule has 0 radical (unpaired) electrons. The number of halogens is 2. The van der Waals surface area contributed by atoms with Crippen LogP contribution in [0.3, 0.4) is 0 Å². The van der Waals surface area contributed by atoms with E-state index in [0.29, 0.717) is 0 Å². The maximum Gasteiger partial charge on any atom is 0.0967 e. The molecule has 86 valence electrons. The molecule has 0 bridgehead atoms. The van der Waals surface area contributed by atoms with Crippen LogP contribution >= 0.6 is 23.2 Å². The number of alkyl halides is 2. The van der Waals surface area contributed by atoms with Crippen molar-refractivity contribution in [2.45, 2.75) is 46.0 Å². The van der Waals surface area contributed by atoms with E-state index in [2.05, 4.69) is 13.8 Å². The molecule has 0 aromatic heterocycles. The van der Waals surface area contributed by atoms with Gasteiger partial charge in [-0.2, -0.15) is 0 Å². The first-order valence-electron chi connectivity index (χ1n) is 4.40. The standard InChI is InChI=1S/C7H16.CH2Cl2.CH4O.H2O/c1-3-5-7-6-4-2;2-1-3;1-2;/h3-7H2,1-2H3;1H2;2H,1H3;1H2. The van der Waals surface area contributed by atoms with Crippen LogP contribution in [0.1, 0.15) is 46.0 Å². The summed E-state index contributed by atoms with van der Waals surface area (Å²) in [5.41, 5.74) is 0. The Morgan fingerprint density at radius 3 is 1.23 bits per heavy atom. The van der Waals surface area contributed by atoms with E-state index in [9.17, 15) is 0 Å². The van der Waals surface area contributed by atoms with Crippen LogP contribution in [0.5, 0.6) is 0 Å². The lowest BCUT2D eigenvalue weighted by atomic mass is 10.2. The van der Waals surface area contributed by atoms with Gasteiger partial charge in [0.25, 0.3) is 0 Å². The molecule has 4 heteroatoms. The summed E-state index contributed by atoms with van der Waals surface area (Å²) >= 11 is 9.53. The predicted octanol–water partition coefficient (Wildman–Crippen LogP) is 3.18. The molecule has 2 nitrogen and oxygen atoms in total. The number of aliphatic hydroxyl groups is 1. The Morgan fingerprint density at radius 1 is 0.846 bits per heavy atom. The van der Waals surface area contributed by atoms with Gasteiger partial charge in [-0.15, -0.1) is 23.2 Å². The van der Waals surface area contributed by atoms with Gasteiger partial charge in [0.2, 0.25) is 0 Å². The number of rotatable bonds is 4. The largest absolute Gasteiger partial charge is 0.412 e. The Labute approximate surface area is 92.6 Å². The van der Waals surface area contributed by atoms with E-state index in [-0.39, 0.29) is 10.8 Å². The minimum Gasteiger partial charge on any atom is -0.412 e. The van der Waals surface area contributed by atoms with Gasteiger partial charge >= 0.3 is 0 Å². The second-order valence-corrected chi connectivity index (χ2v) is 2.97. The zero-order valence-electron chi connectivity index (χ0n) is 8.95. The monoisotopic (exact) mass is 234 g/mol. The summed E-state index contributed by atoms with van der Waals surface area (Å²) in [7, 11) is 1.00. The van der Waals surface area contributed by atoms with Gasteiger partial charge in [0.05, 0.1) is 5.34 Å². The molecule has 0 saturated heterocycles. The maximum absolute atomic E-state index is 7.00. The van der Waals surface area contributed by atoms with E-state index in [1.165, 1.54) is 32.1 Å². The summed E-state index contributed by atoms with van der Waals surface area (Å²) in [6.07, 6.45) is 7.01. The minimum absolute atomic E-state index is 0. The highest BCUT2D eigenvalue weighted by atomic mass is 35.5. The first kappa shape index (κ1) is 23.4. The van der Waals surface area contributed by atoms with Crippen molar-refractivity contribution in [2.24, 2.45) is 0 Å². The summed E-state index contributed by atoms with van der Waals surface area (Å²) in [4.78, 5) is 0. The topological polar surface area (TPSA) is 51.7 Å². The van der Waals surface area contributed by atoms with E-state index in [1.807, 2.05) is 0 Å². The lowest BCUT2D eigenvalue weighted by molar-refractivity contribution is 0.399. The van der Waals surface area contributed by atoms with Gasteiger partial charge < -0.3 is 10.6 Å². The molecule has 0 atom stereocenters. The van der Waals surface area contributed by atoms with Crippen molar-refractivity contribution in [2.75, 3.05) is 12.4 Å². The highest BCUT2D eigenvalue weighted by Crippen LogP contribution is 2.00. The van der Waals surface area contributed by atoms with Crippen LogP contribution < -0.4 is 0 Å². The van der Waals surface area contributed by atoms with Crippen molar-refractivity contribution in [1.29, 1.82) is 0 Å². The van der Waals surface area contributed by atoms with Crippen molar-refractivity contribution in [1.82, 2.24) is 0 Å². The third kappa shape index (κ3) is 68.1. The molecule has 0 rings (SSSR count). The molecule has 0 spiro atoms. The number of unbranched alkanes of at least 4 members (excludes halogenated alkanes) is 4. The van der Waals surface area contributed by atoms with Crippen molar-refractivity contribution < 1.29 is 10.6 Å². The lowest BCUT2D eigenvalue weighted by Crippen LogP contribution is -1.70. The zero-order valence-corrected chi connectivity index (χ0v) is 10.5. The van der Waals surface area contributed by atoms with E-state index in [0.717, 1.165) is 7.11 Å². The van der Waals surface area contributed by atoms with Gasteiger partial charge in [0.15, 0.2) is 0 Å². The lowest BCUT2D eigenvalue weighted by Gasteiger charge is -1.90. The highest BCUT2D eigenvalue weighted by Gasteiger charge is 1.80. The van der Waals surface area contributed by atoms with Gasteiger partial charge in [-0.25, -0.2) is 0 Å². The Hall–Kier alpha value is 0.500. The second kappa shape index (κ2) is 39.1. The first-order chi connectivity index (χ1) is 5.83. The molecule has 0 aliphatic carbocycles. The molecular formula is C9H24Cl2O2. The maximum atomic E-state index is 7.00. The predicted molar refractivity (Wildman–Crippen MR) is 62.8 cm³/mol. The molecule has 0 saturated carbocycles. The van der Waals surface area contributed by atoms with Crippen molar-refractivity contribution in [3.8, 4) is 0 Å². The van der Waals surface area contributed by atoms with Crippen molar-refractivity contribution in [3.05, 3.63) is 0 Å². The van der Waals surface area contributed by atoms with E-state index in [4.69, 9.17) is 28.3 Å². The Kier molecular flexibility index (Phi) is 70.3. The smallest absolute Gasteiger partial charge is 0.0967 e. The summed E-state index contributed by atoms with van der Waals surface area (Å²) in [6, 6.07) is 0. The third-order valence-electron chi connectivity index (χ3n) is 1.21. The quantitative estimate of drug-likeness (QED) is 0.590. The summed E-state index contributed by atoms with van der Waals surface area (Å²) in [5, 5.41) is 7.19. The second-order valence-electron chi connectivity index (χ2n) is 2.16. The molecule has 0 fully saturated rings. The fraction of sp³-hybridized carbons (Fsp3) is 1.00. The van der Waals surface area contributed by atoms with Gasteiger partial charge in [0.1, 0.15) is 0 Å². The SMILES string of the molecule is CCCCCCC.CO.ClCCl.O. The molecule has 0 aliphatic heterocycles. The van der Waals surface area contributed by atoms with Crippen LogP contribution in [-0.4, -0.2) is 23.0 Å². The molecule has 0 aromatic rings. The zero-order chi connectivity index (χ0) is 10.2. The summed E-state index contributed by atoms with van der Waals surface area (Å²) in [5.74, 6) is 0. The highest BCUT2D eigenvalue weighted by molar-refractivity contribution is 6.40. The molecule has 0 aliphatic rings. The van der Waals surface area contributed by atoms with Crippen LogP contribution in [0.2, 0.25) is 0 Å². The van der Waals surface area contributed by atoms with E-state index < -0.39 is 0 Å². The van der Waals surface area contributed by atoms with Crippen LogP contribution in [0.25, 0.3) is 0 Å². The van der Waals surface area contributed by atoms with E-state index >= 15 is 0 Å². The molecule has 3 N–H and O–H groups in total. The normalized spacial score (nSPS) is 6.92. The number of hydrogen-bond acceptors (Lipinski definition) is 1. The Morgan fingerprint density at radius 2 is 1.08 bits per heavy atom. The molecular weight excluding hydrogens is 211 g/mol. The van der Waals surface area contributed by atoms with Crippen molar-refractivity contribution >= 4 is 23.2 Å². The third-order valence-corrected chi connectivity index (χ3v) is 1.21. The van der Waals surface area contributed by atoms with Gasteiger partial charge in [-0.05, 0) is 0 Å². The van der Waals surface area contributed by atoms with E-state index in [1.54, 1.807) is 0 Å².